The lowest BCUT2D eigenvalue weighted by Gasteiger charge is -2.23. The quantitative estimate of drug-likeness (QED) is 0.802. The van der Waals surface area contributed by atoms with Crippen molar-refractivity contribution in [3.63, 3.8) is 0 Å². The van der Waals surface area contributed by atoms with Gasteiger partial charge in [0.1, 0.15) is 5.82 Å². The number of hydrogen-bond donors (Lipinski definition) is 2. The van der Waals surface area contributed by atoms with Crippen molar-refractivity contribution < 1.29 is 23.1 Å². The minimum atomic E-state index is -4.54. The zero-order chi connectivity index (χ0) is 18.6. The lowest BCUT2D eigenvalue weighted by Crippen LogP contribution is -2.28. The molecule has 0 spiro atoms. The maximum atomic E-state index is 13.2. The highest BCUT2D eigenvalue weighted by Crippen LogP contribution is 2.54. The number of nitrogens with zero attached hydrogens (tertiary/aromatic N) is 3. The fraction of sp³-hybridized carbons (Fsp3) is 0.706. The summed E-state index contributed by atoms with van der Waals surface area (Å²) < 4.78 is 39.7. The number of aromatic nitrogens is 2. The second-order valence-corrected chi connectivity index (χ2v) is 7.70. The van der Waals surface area contributed by atoms with Gasteiger partial charge in [-0.15, -0.1) is 0 Å². The van der Waals surface area contributed by atoms with E-state index in [4.69, 9.17) is 5.11 Å². The number of halogens is 3. The SMILES string of the molecule is C[C@@H](Nc1nc(N2C[C@@H]3[C@H](CC(=O)O)[C@@H]3C2)cc(C(F)(F)F)n1)C1CC1. The molecule has 142 valence electrons. The molecule has 0 aromatic carbocycles. The summed E-state index contributed by atoms with van der Waals surface area (Å²) in [5.41, 5.74) is -0.948. The van der Waals surface area contributed by atoms with Gasteiger partial charge in [-0.3, -0.25) is 4.79 Å². The summed E-state index contributed by atoms with van der Waals surface area (Å²) in [5.74, 6) is 0.524. The number of anilines is 2. The Hall–Kier alpha value is -2.06. The fourth-order valence-corrected chi connectivity index (χ4v) is 4.06. The van der Waals surface area contributed by atoms with Gasteiger partial charge in [0, 0.05) is 31.6 Å². The van der Waals surface area contributed by atoms with Crippen LogP contribution in [0.4, 0.5) is 24.9 Å². The summed E-state index contributed by atoms with van der Waals surface area (Å²) in [6.07, 6.45) is -2.27. The van der Waals surface area contributed by atoms with E-state index in [0.29, 0.717) is 19.0 Å². The van der Waals surface area contributed by atoms with Crippen LogP contribution < -0.4 is 10.2 Å². The molecule has 1 aliphatic heterocycles. The summed E-state index contributed by atoms with van der Waals surface area (Å²) in [4.78, 5) is 20.6. The maximum Gasteiger partial charge on any atom is 0.433 e. The number of fused-ring (bicyclic) bond motifs is 1. The van der Waals surface area contributed by atoms with Gasteiger partial charge in [-0.2, -0.15) is 18.2 Å². The van der Waals surface area contributed by atoms with Crippen LogP contribution in [0.25, 0.3) is 0 Å². The van der Waals surface area contributed by atoms with Crippen molar-refractivity contribution in [2.75, 3.05) is 23.3 Å². The van der Waals surface area contributed by atoms with Gasteiger partial charge in [0.2, 0.25) is 5.95 Å². The van der Waals surface area contributed by atoms with Gasteiger partial charge in [-0.05, 0) is 43.4 Å². The summed E-state index contributed by atoms with van der Waals surface area (Å²) in [7, 11) is 0. The molecule has 3 fully saturated rings. The zero-order valence-corrected chi connectivity index (χ0v) is 14.3. The van der Waals surface area contributed by atoms with Crippen molar-refractivity contribution in [2.45, 2.75) is 38.4 Å². The van der Waals surface area contributed by atoms with Crippen molar-refractivity contribution in [1.82, 2.24) is 9.97 Å². The van der Waals surface area contributed by atoms with Crippen LogP contribution >= 0.6 is 0 Å². The largest absolute Gasteiger partial charge is 0.481 e. The molecular formula is C17H21F3N4O2. The molecule has 6 nitrogen and oxygen atoms in total. The first-order valence-electron chi connectivity index (χ1n) is 8.92. The smallest absolute Gasteiger partial charge is 0.433 e. The van der Waals surface area contributed by atoms with Crippen molar-refractivity contribution in [1.29, 1.82) is 0 Å². The van der Waals surface area contributed by atoms with Crippen LogP contribution in [0.3, 0.4) is 0 Å². The standard InChI is InChI=1S/C17H21F3N4O2/c1-8(9-2-3-9)21-16-22-13(17(18,19)20)5-14(23-16)24-6-11-10(4-15(25)26)12(11)7-24/h5,8-12H,2-4,6-7H2,1H3,(H,25,26)(H,21,22,23)/t8-,10-,11+,12-/m1/s1. The van der Waals surface area contributed by atoms with Crippen LogP contribution in [0.15, 0.2) is 6.07 Å². The van der Waals surface area contributed by atoms with E-state index in [2.05, 4.69) is 15.3 Å². The molecule has 0 unspecified atom stereocenters. The molecule has 0 amide bonds. The third kappa shape index (κ3) is 3.43. The first-order valence-corrected chi connectivity index (χ1v) is 8.92. The van der Waals surface area contributed by atoms with Gasteiger partial charge in [-0.1, -0.05) is 0 Å². The van der Waals surface area contributed by atoms with Crippen molar-refractivity contribution in [3.8, 4) is 0 Å². The molecule has 1 aromatic rings. The lowest BCUT2D eigenvalue weighted by molar-refractivity contribution is -0.141. The number of carboxylic acid groups (broad SMARTS) is 1. The van der Waals surface area contributed by atoms with E-state index < -0.39 is 17.8 Å². The Bertz CT molecular complexity index is 710. The van der Waals surface area contributed by atoms with E-state index in [1.807, 2.05) is 11.8 Å². The van der Waals surface area contributed by atoms with Crippen molar-refractivity contribution in [3.05, 3.63) is 11.8 Å². The topological polar surface area (TPSA) is 78.4 Å². The minimum absolute atomic E-state index is 0.0110. The third-order valence-corrected chi connectivity index (χ3v) is 5.79. The molecule has 2 saturated carbocycles. The molecule has 0 bridgehead atoms. The van der Waals surface area contributed by atoms with Gasteiger partial charge in [0.15, 0.2) is 5.69 Å². The number of carboxylic acids is 1. The molecule has 9 heteroatoms. The van der Waals surface area contributed by atoms with E-state index in [0.717, 1.165) is 18.9 Å². The number of hydrogen-bond acceptors (Lipinski definition) is 5. The Kier molecular flexibility index (Phi) is 4.00. The van der Waals surface area contributed by atoms with Gasteiger partial charge < -0.3 is 15.3 Å². The van der Waals surface area contributed by atoms with Crippen LogP contribution in [0.5, 0.6) is 0 Å². The highest BCUT2D eigenvalue weighted by Gasteiger charge is 2.56. The van der Waals surface area contributed by atoms with Crippen LogP contribution in [-0.4, -0.2) is 40.2 Å². The predicted molar refractivity (Wildman–Crippen MR) is 87.8 cm³/mol. The van der Waals surface area contributed by atoms with Gasteiger partial charge >= 0.3 is 12.1 Å². The third-order valence-electron chi connectivity index (χ3n) is 5.79. The monoisotopic (exact) mass is 370 g/mol. The molecule has 0 radical (unpaired) electrons. The number of rotatable bonds is 6. The van der Waals surface area contributed by atoms with Crippen LogP contribution in [0, 0.1) is 23.7 Å². The van der Waals surface area contributed by atoms with E-state index in [1.54, 1.807) is 0 Å². The Morgan fingerprint density at radius 3 is 2.54 bits per heavy atom. The maximum absolute atomic E-state index is 13.2. The van der Waals surface area contributed by atoms with Gasteiger partial charge in [-0.25, -0.2) is 4.98 Å². The minimum Gasteiger partial charge on any atom is -0.481 e. The molecule has 1 saturated heterocycles. The average Bonchev–Trinajstić information content (AvgIpc) is 3.44. The first-order chi connectivity index (χ1) is 12.2. The van der Waals surface area contributed by atoms with Gasteiger partial charge in [0.05, 0.1) is 0 Å². The van der Waals surface area contributed by atoms with E-state index in [-0.39, 0.29) is 42.0 Å². The van der Waals surface area contributed by atoms with Crippen LogP contribution in [-0.2, 0) is 11.0 Å². The summed E-state index contributed by atoms with van der Waals surface area (Å²) in [6.45, 7) is 3.03. The number of aliphatic carboxylic acids is 1. The van der Waals surface area contributed by atoms with Crippen molar-refractivity contribution >= 4 is 17.7 Å². The summed E-state index contributed by atoms with van der Waals surface area (Å²) in [6, 6.07) is 1.03. The summed E-state index contributed by atoms with van der Waals surface area (Å²) in [5, 5.41) is 11.9. The highest BCUT2D eigenvalue weighted by atomic mass is 19.4. The molecule has 3 aliphatic rings. The molecule has 4 atom stereocenters. The fourth-order valence-electron chi connectivity index (χ4n) is 4.06. The average molecular weight is 370 g/mol. The van der Waals surface area contributed by atoms with E-state index in [9.17, 15) is 18.0 Å². The van der Waals surface area contributed by atoms with E-state index >= 15 is 0 Å². The molecule has 1 aromatic heterocycles. The molecule has 2 heterocycles. The summed E-state index contributed by atoms with van der Waals surface area (Å²) >= 11 is 0. The molecular weight excluding hydrogens is 349 g/mol. The molecule has 4 rings (SSSR count). The van der Waals surface area contributed by atoms with Crippen LogP contribution in [0.1, 0.15) is 31.9 Å². The number of carbonyl (C=O) groups is 1. The normalized spacial score (nSPS) is 28.6. The number of alkyl halides is 3. The number of piperidine rings is 1. The van der Waals surface area contributed by atoms with E-state index in [1.165, 1.54) is 0 Å². The Morgan fingerprint density at radius 2 is 2.00 bits per heavy atom. The Labute approximate surface area is 148 Å². The highest BCUT2D eigenvalue weighted by molar-refractivity contribution is 5.68. The molecule has 2 aliphatic carbocycles. The molecule has 2 N–H and O–H groups in total. The molecule has 26 heavy (non-hydrogen) atoms. The zero-order valence-electron chi connectivity index (χ0n) is 14.3. The van der Waals surface area contributed by atoms with Crippen molar-refractivity contribution in [2.24, 2.45) is 23.7 Å². The first kappa shape index (κ1) is 17.4. The Morgan fingerprint density at radius 1 is 1.35 bits per heavy atom. The second-order valence-electron chi connectivity index (χ2n) is 7.70. The van der Waals surface area contributed by atoms with Gasteiger partial charge in [0.25, 0.3) is 0 Å². The predicted octanol–water partition coefficient (Wildman–Crippen LogP) is 2.86. The van der Waals surface area contributed by atoms with Crippen LogP contribution in [0.2, 0.25) is 0 Å². The second kappa shape index (κ2) is 5.99. The number of nitrogens with one attached hydrogen (secondary N) is 1. The lowest BCUT2D eigenvalue weighted by atomic mass is 10.2. The Balaban J connectivity index is 1.51.